The topological polar surface area (TPSA) is 90.0 Å². The van der Waals surface area contributed by atoms with Crippen LogP contribution in [0.4, 0.5) is 0 Å². The normalized spacial score (nSPS) is 12.1. The fourth-order valence-electron chi connectivity index (χ4n) is 7.61. The van der Waals surface area contributed by atoms with Crippen molar-refractivity contribution >= 4 is 63.6 Å². The molecule has 0 radical (unpaired) electrons. The van der Waals surface area contributed by atoms with Gasteiger partial charge in [0.2, 0.25) is 0 Å². The molecule has 0 saturated heterocycles. The van der Waals surface area contributed by atoms with Gasteiger partial charge in [-0.1, -0.05) is 172 Å². The van der Waals surface area contributed by atoms with Gasteiger partial charge in [-0.3, -0.25) is 24.1 Å². The third-order valence-electron chi connectivity index (χ3n) is 11.0. The summed E-state index contributed by atoms with van der Waals surface area (Å²) >= 11 is 0. The van der Waals surface area contributed by atoms with Gasteiger partial charge in [0.25, 0.3) is 0 Å². The van der Waals surface area contributed by atoms with E-state index in [4.69, 9.17) is 9.47 Å². The average Bonchev–Trinajstić information content (AvgIpc) is 3.18. The van der Waals surface area contributed by atoms with Gasteiger partial charge in [0.05, 0.1) is 19.8 Å². The van der Waals surface area contributed by atoms with Crippen LogP contribution in [0.3, 0.4) is 0 Å². The number of benzene rings is 1. The summed E-state index contributed by atoms with van der Waals surface area (Å²) in [6, 6.07) is 8.68. The molecule has 1 aromatic carbocycles. The van der Waals surface area contributed by atoms with Gasteiger partial charge in [-0.2, -0.15) is 40.5 Å². The minimum atomic E-state index is 0. The Morgan fingerprint density at radius 2 is 0.786 bits per heavy atom. The number of rotatable bonds is 29. The van der Waals surface area contributed by atoms with Crippen molar-refractivity contribution in [1.29, 1.82) is 0 Å². The molecule has 10 heteroatoms. The molecular formula is C60H121NO6S3. The van der Waals surface area contributed by atoms with Crippen LogP contribution in [-0.4, -0.2) is 67.0 Å². The zero-order valence-corrected chi connectivity index (χ0v) is 52.4. The average molecular weight is 1050 g/mol. The predicted molar refractivity (Wildman–Crippen MR) is 323 cm³/mol. The predicted octanol–water partition coefficient (Wildman–Crippen LogP) is 16.2. The van der Waals surface area contributed by atoms with Crippen LogP contribution in [0, 0.1) is 82.9 Å². The summed E-state index contributed by atoms with van der Waals surface area (Å²) in [5, 5.41) is 0. The Balaban J connectivity index is -0.000000151. The second-order valence-corrected chi connectivity index (χ2v) is 23.8. The van der Waals surface area contributed by atoms with Crippen LogP contribution < -0.4 is 4.74 Å². The van der Waals surface area contributed by atoms with Gasteiger partial charge >= 0.3 is 0 Å². The van der Waals surface area contributed by atoms with Gasteiger partial charge in [0.1, 0.15) is 28.9 Å². The van der Waals surface area contributed by atoms with E-state index in [0.717, 1.165) is 57.6 Å². The molecule has 1 rings (SSSR count). The van der Waals surface area contributed by atoms with E-state index in [1.54, 1.807) is 0 Å². The Morgan fingerprint density at radius 3 is 1.11 bits per heavy atom. The summed E-state index contributed by atoms with van der Waals surface area (Å²) in [6.45, 7) is 54.3. The first kappa shape index (κ1) is 82.7. The highest BCUT2D eigenvalue weighted by Gasteiger charge is 2.25. The second kappa shape index (κ2) is 46.2. The van der Waals surface area contributed by atoms with Crippen molar-refractivity contribution in [2.75, 3.05) is 32.9 Å². The van der Waals surface area contributed by atoms with Crippen LogP contribution in [0.15, 0.2) is 24.3 Å². The minimum absolute atomic E-state index is 0. The van der Waals surface area contributed by atoms with Gasteiger partial charge in [-0.05, 0) is 105 Å². The molecule has 0 aromatic heterocycles. The van der Waals surface area contributed by atoms with Crippen molar-refractivity contribution in [3.63, 3.8) is 0 Å². The van der Waals surface area contributed by atoms with E-state index >= 15 is 0 Å². The number of hydrogen-bond donors (Lipinski definition) is 0. The van der Waals surface area contributed by atoms with E-state index in [-0.39, 0.29) is 89.3 Å². The van der Waals surface area contributed by atoms with Crippen molar-refractivity contribution in [1.82, 2.24) is 4.90 Å². The molecule has 0 N–H and O–H groups in total. The first-order valence-corrected chi connectivity index (χ1v) is 26.5. The highest BCUT2D eigenvalue weighted by molar-refractivity contribution is 7.59. The summed E-state index contributed by atoms with van der Waals surface area (Å²) in [4.78, 5) is 50.1. The molecule has 0 unspecified atom stereocenters. The Hall–Kier alpha value is -1.33. The van der Waals surface area contributed by atoms with Crippen LogP contribution >= 0.6 is 40.5 Å². The Labute approximate surface area is 457 Å². The lowest BCUT2D eigenvalue weighted by Gasteiger charge is -2.28. The maximum absolute atomic E-state index is 12.4. The molecule has 0 bridgehead atoms. The van der Waals surface area contributed by atoms with E-state index in [9.17, 15) is 19.2 Å². The molecule has 0 heterocycles. The molecule has 1 aromatic rings. The van der Waals surface area contributed by atoms with E-state index in [2.05, 4.69) is 128 Å². The number of carbonyl (C=O) groups is 4. The zero-order valence-electron chi connectivity index (χ0n) is 49.4. The smallest absolute Gasteiger partial charge is 0.149 e. The maximum Gasteiger partial charge on any atom is 0.149 e. The quantitative estimate of drug-likeness (QED) is 0.0789. The summed E-state index contributed by atoms with van der Waals surface area (Å²) in [6.07, 6.45) is 4.84. The molecule has 2 atom stereocenters. The molecule has 0 spiro atoms. The SMILES string of the molecule is C.CC(C)CC(CC(C)C)C(=O)C(C)C.CC(C)CN(CC(=O)C(C)C)C(C)C.CC(C)COC[C@H](CC(C)C)C(=O)C(C)C.CC(C)COc1ccc(C[C@H](CC(C)C)C(=O)C(C)C)cc1.S.S.S. The third-order valence-corrected chi connectivity index (χ3v) is 11.0. The van der Waals surface area contributed by atoms with Gasteiger partial charge < -0.3 is 9.47 Å². The number of carbonyl (C=O) groups excluding carboxylic acids is 4. The van der Waals surface area contributed by atoms with Crippen LogP contribution in [0.2, 0.25) is 0 Å². The van der Waals surface area contributed by atoms with Gasteiger partial charge in [0, 0.05) is 60.6 Å². The summed E-state index contributed by atoms with van der Waals surface area (Å²) in [5.41, 5.74) is 1.22. The van der Waals surface area contributed by atoms with E-state index in [0.29, 0.717) is 83.8 Å². The number of ether oxygens (including phenoxy) is 2. The van der Waals surface area contributed by atoms with Crippen LogP contribution in [0.1, 0.15) is 205 Å². The lowest BCUT2D eigenvalue weighted by atomic mass is 9.83. The Kier molecular flexibility index (Phi) is 54.6. The summed E-state index contributed by atoms with van der Waals surface area (Å²) in [7, 11) is 0. The molecule has 420 valence electrons. The molecule has 7 nitrogen and oxygen atoms in total. The molecular weight excluding hydrogens is 927 g/mol. The van der Waals surface area contributed by atoms with Crippen molar-refractivity contribution in [2.24, 2.45) is 82.9 Å². The second-order valence-electron chi connectivity index (χ2n) is 23.8. The van der Waals surface area contributed by atoms with Crippen LogP contribution in [0.25, 0.3) is 0 Å². The lowest BCUT2D eigenvalue weighted by molar-refractivity contribution is -0.129. The fraction of sp³-hybridized carbons (Fsp3) is 0.833. The molecule has 0 aliphatic rings. The minimum Gasteiger partial charge on any atom is -0.493 e. The maximum atomic E-state index is 12.4. The Morgan fingerprint density at radius 1 is 0.429 bits per heavy atom. The lowest BCUT2D eigenvalue weighted by Crippen LogP contribution is -2.39. The molecule has 0 fully saturated rings. The molecule has 0 aliphatic carbocycles. The number of ketones is 4. The molecule has 0 amide bonds. The van der Waals surface area contributed by atoms with Gasteiger partial charge in [-0.25, -0.2) is 0 Å². The fourth-order valence-corrected chi connectivity index (χ4v) is 7.61. The number of Topliss-reactive ketones (excluding diaryl/α,β-unsaturated/α-hetero) is 4. The van der Waals surface area contributed by atoms with E-state index < -0.39 is 0 Å². The third kappa shape index (κ3) is 45.3. The summed E-state index contributed by atoms with van der Waals surface area (Å²) < 4.78 is 11.3. The van der Waals surface area contributed by atoms with Gasteiger partial charge in [0.15, 0.2) is 0 Å². The largest absolute Gasteiger partial charge is 0.493 e. The highest BCUT2D eigenvalue weighted by atomic mass is 32.1. The standard InChI is InChI=1S/C20H32O2.C14H28O2.C13H26O.C12H25NO.CH4.3H2S/c1-14(2)11-18(20(21)16(5)6)12-17-7-9-19(10-8-17)22-13-15(3)4;1-10(2)7-13(14(15)12(5)6)9-16-8-11(3)4;1-9(2)7-12(8-10(3)4)13(14)11(5)6;1-9(2)7-13(11(5)6)8-12(14)10(3)4;;;;/h7-10,14-16,18H,11-13H2,1-6H3;10-13H,7-9H2,1-6H3;9-12H,7-8H2,1-6H3;9-11H,7-8H2,1-6H3;1H4;3*1H2/t18-;13-;;;;;;/m00....../s1. The number of hydrogen-bond acceptors (Lipinski definition) is 7. The Bertz CT molecular complexity index is 1390. The van der Waals surface area contributed by atoms with Crippen molar-refractivity contribution in [3.05, 3.63) is 29.8 Å². The monoisotopic (exact) mass is 1050 g/mol. The van der Waals surface area contributed by atoms with Crippen molar-refractivity contribution in [2.45, 2.75) is 212 Å². The van der Waals surface area contributed by atoms with Crippen LogP contribution in [0.5, 0.6) is 5.75 Å². The first-order valence-electron chi connectivity index (χ1n) is 26.5. The molecule has 70 heavy (non-hydrogen) atoms. The highest BCUT2D eigenvalue weighted by Crippen LogP contribution is 2.25. The number of nitrogens with zero attached hydrogens (tertiary/aromatic N) is 1. The molecule has 0 aliphatic heterocycles. The van der Waals surface area contributed by atoms with Crippen molar-refractivity contribution in [3.8, 4) is 5.75 Å². The van der Waals surface area contributed by atoms with E-state index in [1.807, 2.05) is 67.5 Å². The molecule has 0 saturated carbocycles. The van der Waals surface area contributed by atoms with Gasteiger partial charge in [-0.15, -0.1) is 0 Å². The first-order chi connectivity index (χ1) is 30.3. The summed E-state index contributed by atoms with van der Waals surface area (Å²) in [5.74, 6) is 7.54. The van der Waals surface area contributed by atoms with Crippen LogP contribution in [-0.2, 0) is 30.3 Å². The zero-order chi connectivity index (χ0) is 52.0. The van der Waals surface area contributed by atoms with Crippen molar-refractivity contribution < 1.29 is 28.7 Å². The van der Waals surface area contributed by atoms with E-state index in [1.165, 1.54) is 5.56 Å².